The largest absolute Gasteiger partial charge is 0.271 e. The summed E-state index contributed by atoms with van der Waals surface area (Å²) >= 11 is 0. The predicted molar refractivity (Wildman–Crippen MR) is 121 cm³/mol. The monoisotopic (exact) mass is 404 g/mol. The first-order valence-electron chi connectivity index (χ1n) is 10.0. The standard InChI is InChI=1S/C25H20N6/c1-17-23(18(2)28-16-27-17)31-24(20-12-7-4-8-13-20)29-30-25(31)21-14-9-15-26-22(21)19-10-5-3-6-11-19/h3-16H,1-2H3. The lowest BCUT2D eigenvalue weighted by Gasteiger charge is -2.16. The Balaban J connectivity index is 1.83. The normalized spacial score (nSPS) is 10.9. The topological polar surface area (TPSA) is 69.4 Å². The molecular formula is C25H20N6. The van der Waals surface area contributed by atoms with Gasteiger partial charge in [0.25, 0.3) is 0 Å². The lowest BCUT2D eigenvalue weighted by molar-refractivity contribution is 0.949. The molecule has 0 spiro atoms. The highest BCUT2D eigenvalue weighted by Crippen LogP contribution is 2.34. The molecule has 0 aliphatic rings. The van der Waals surface area contributed by atoms with Gasteiger partial charge in [0.2, 0.25) is 0 Å². The van der Waals surface area contributed by atoms with Gasteiger partial charge in [0.1, 0.15) is 6.33 Å². The van der Waals surface area contributed by atoms with Gasteiger partial charge < -0.3 is 0 Å². The second kappa shape index (κ2) is 7.91. The quantitative estimate of drug-likeness (QED) is 0.418. The minimum Gasteiger partial charge on any atom is -0.271 e. The summed E-state index contributed by atoms with van der Waals surface area (Å²) in [5.41, 5.74) is 6.33. The van der Waals surface area contributed by atoms with Crippen molar-refractivity contribution in [1.29, 1.82) is 0 Å². The van der Waals surface area contributed by atoms with Crippen molar-refractivity contribution >= 4 is 0 Å². The Labute approximate surface area is 180 Å². The number of aromatic nitrogens is 6. The summed E-state index contributed by atoms with van der Waals surface area (Å²) < 4.78 is 2.05. The fraction of sp³-hybridized carbons (Fsp3) is 0.0800. The van der Waals surface area contributed by atoms with Crippen LogP contribution in [0.25, 0.3) is 39.7 Å². The average molecular weight is 404 g/mol. The highest BCUT2D eigenvalue weighted by atomic mass is 15.3. The fourth-order valence-electron chi connectivity index (χ4n) is 3.77. The van der Waals surface area contributed by atoms with Crippen LogP contribution in [-0.2, 0) is 0 Å². The summed E-state index contributed by atoms with van der Waals surface area (Å²) in [4.78, 5) is 13.6. The van der Waals surface area contributed by atoms with Crippen molar-refractivity contribution < 1.29 is 0 Å². The van der Waals surface area contributed by atoms with Crippen molar-refractivity contribution in [1.82, 2.24) is 29.7 Å². The molecular weight excluding hydrogens is 384 g/mol. The van der Waals surface area contributed by atoms with E-state index in [0.717, 1.165) is 45.3 Å². The molecule has 0 aliphatic heterocycles. The van der Waals surface area contributed by atoms with Crippen LogP contribution < -0.4 is 0 Å². The van der Waals surface area contributed by atoms with Crippen LogP contribution in [0.3, 0.4) is 0 Å². The van der Waals surface area contributed by atoms with E-state index in [0.29, 0.717) is 5.82 Å². The molecule has 0 saturated heterocycles. The zero-order valence-corrected chi connectivity index (χ0v) is 17.3. The van der Waals surface area contributed by atoms with E-state index in [1.54, 1.807) is 12.5 Å². The molecule has 6 nitrogen and oxygen atoms in total. The molecule has 0 amide bonds. The van der Waals surface area contributed by atoms with Gasteiger partial charge in [-0.05, 0) is 26.0 Å². The van der Waals surface area contributed by atoms with Gasteiger partial charge >= 0.3 is 0 Å². The Hall–Kier alpha value is -4.19. The molecule has 0 saturated carbocycles. The van der Waals surface area contributed by atoms with Crippen LogP contribution in [0.4, 0.5) is 0 Å². The Bertz CT molecular complexity index is 1320. The molecule has 0 fully saturated rings. The molecule has 150 valence electrons. The summed E-state index contributed by atoms with van der Waals surface area (Å²) in [5, 5.41) is 9.21. The van der Waals surface area contributed by atoms with E-state index in [4.69, 9.17) is 0 Å². The maximum atomic E-state index is 4.67. The van der Waals surface area contributed by atoms with E-state index in [1.165, 1.54) is 0 Å². The SMILES string of the molecule is Cc1ncnc(C)c1-n1c(-c2ccccc2)nnc1-c1cccnc1-c1ccccc1. The van der Waals surface area contributed by atoms with Crippen LogP contribution in [0.5, 0.6) is 0 Å². The number of benzene rings is 2. The van der Waals surface area contributed by atoms with Crippen molar-refractivity contribution in [3.63, 3.8) is 0 Å². The van der Waals surface area contributed by atoms with Crippen LogP contribution in [-0.4, -0.2) is 29.7 Å². The molecule has 0 unspecified atom stereocenters. The first kappa shape index (κ1) is 18.8. The number of rotatable bonds is 4. The Morgan fingerprint density at radius 3 is 1.90 bits per heavy atom. The van der Waals surface area contributed by atoms with Crippen molar-refractivity contribution in [2.75, 3.05) is 0 Å². The van der Waals surface area contributed by atoms with Crippen LogP contribution >= 0.6 is 0 Å². The molecule has 0 atom stereocenters. The van der Waals surface area contributed by atoms with Gasteiger partial charge in [0.15, 0.2) is 11.6 Å². The fourth-order valence-corrected chi connectivity index (χ4v) is 3.77. The number of hydrogen-bond donors (Lipinski definition) is 0. The molecule has 6 heteroatoms. The highest BCUT2D eigenvalue weighted by Gasteiger charge is 2.23. The third kappa shape index (κ3) is 3.38. The van der Waals surface area contributed by atoms with Gasteiger partial charge in [0.05, 0.1) is 22.8 Å². The highest BCUT2D eigenvalue weighted by molar-refractivity contribution is 5.79. The summed E-state index contributed by atoms with van der Waals surface area (Å²) in [6, 6.07) is 24.1. The van der Waals surface area contributed by atoms with E-state index in [1.807, 2.05) is 91.2 Å². The molecule has 5 rings (SSSR count). The van der Waals surface area contributed by atoms with Gasteiger partial charge in [0, 0.05) is 22.9 Å². The molecule has 0 radical (unpaired) electrons. The Morgan fingerprint density at radius 2 is 1.23 bits per heavy atom. The van der Waals surface area contributed by atoms with E-state index in [9.17, 15) is 0 Å². The zero-order valence-electron chi connectivity index (χ0n) is 17.3. The Morgan fingerprint density at radius 1 is 0.613 bits per heavy atom. The average Bonchev–Trinajstić information content (AvgIpc) is 3.25. The third-order valence-corrected chi connectivity index (χ3v) is 5.20. The van der Waals surface area contributed by atoms with Gasteiger partial charge in [-0.2, -0.15) is 0 Å². The molecule has 0 N–H and O–H groups in total. The molecule has 0 bridgehead atoms. The van der Waals surface area contributed by atoms with Crippen LogP contribution in [0.2, 0.25) is 0 Å². The van der Waals surface area contributed by atoms with E-state index in [-0.39, 0.29) is 0 Å². The van der Waals surface area contributed by atoms with Gasteiger partial charge in [-0.3, -0.25) is 9.55 Å². The minimum atomic E-state index is 0.701. The first-order valence-corrected chi connectivity index (χ1v) is 10.0. The third-order valence-electron chi connectivity index (χ3n) is 5.20. The number of pyridine rings is 1. The zero-order chi connectivity index (χ0) is 21.2. The number of aryl methyl sites for hydroxylation is 2. The maximum absolute atomic E-state index is 4.67. The van der Waals surface area contributed by atoms with Crippen molar-refractivity contribution in [2.24, 2.45) is 0 Å². The van der Waals surface area contributed by atoms with Gasteiger partial charge in [-0.1, -0.05) is 60.7 Å². The lowest BCUT2D eigenvalue weighted by atomic mass is 10.0. The summed E-state index contributed by atoms with van der Waals surface area (Å²) in [7, 11) is 0. The molecule has 2 aromatic carbocycles. The molecule has 3 aromatic heterocycles. The van der Waals surface area contributed by atoms with Crippen LogP contribution in [0.15, 0.2) is 85.3 Å². The summed E-state index contributed by atoms with van der Waals surface area (Å²) in [6.45, 7) is 3.95. The van der Waals surface area contributed by atoms with E-state index < -0.39 is 0 Å². The smallest absolute Gasteiger partial charge is 0.171 e. The van der Waals surface area contributed by atoms with Crippen molar-refractivity contribution in [3.8, 4) is 39.7 Å². The van der Waals surface area contributed by atoms with Crippen molar-refractivity contribution in [2.45, 2.75) is 13.8 Å². The summed E-state index contributed by atoms with van der Waals surface area (Å²) in [5.74, 6) is 1.44. The lowest BCUT2D eigenvalue weighted by Crippen LogP contribution is -2.08. The number of hydrogen-bond acceptors (Lipinski definition) is 5. The van der Waals surface area contributed by atoms with Crippen molar-refractivity contribution in [3.05, 3.63) is 96.7 Å². The second-order valence-electron chi connectivity index (χ2n) is 7.21. The summed E-state index contributed by atoms with van der Waals surface area (Å²) in [6.07, 6.45) is 3.38. The maximum Gasteiger partial charge on any atom is 0.171 e. The van der Waals surface area contributed by atoms with E-state index in [2.05, 4.69) is 25.1 Å². The molecule has 31 heavy (non-hydrogen) atoms. The van der Waals surface area contributed by atoms with Gasteiger partial charge in [-0.15, -0.1) is 10.2 Å². The van der Waals surface area contributed by atoms with Crippen LogP contribution in [0.1, 0.15) is 11.4 Å². The van der Waals surface area contributed by atoms with Crippen LogP contribution in [0, 0.1) is 13.8 Å². The first-order chi connectivity index (χ1) is 15.2. The van der Waals surface area contributed by atoms with E-state index >= 15 is 0 Å². The minimum absolute atomic E-state index is 0.701. The number of nitrogens with zero attached hydrogens (tertiary/aromatic N) is 6. The second-order valence-corrected chi connectivity index (χ2v) is 7.21. The molecule has 5 aromatic rings. The molecule has 0 aliphatic carbocycles. The Kier molecular flexibility index (Phi) is 4.80. The van der Waals surface area contributed by atoms with Gasteiger partial charge in [-0.25, -0.2) is 9.97 Å². The molecule has 3 heterocycles. The predicted octanol–water partition coefficient (Wildman–Crippen LogP) is 5.07.